The monoisotopic (exact) mass is 324 g/mol. The molecule has 1 unspecified atom stereocenters. The van der Waals surface area contributed by atoms with Gasteiger partial charge in [0.15, 0.2) is 0 Å². The van der Waals surface area contributed by atoms with Crippen molar-refractivity contribution < 1.29 is 9.18 Å². The van der Waals surface area contributed by atoms with Crippen LogP contribution in [0.1, 0.15) is 31.2 Å². The zero-order valence-corrected chi connectivity index (χ0v) is 13.4. The van der Waals surface area contributed by atoms with Crippen LogP contribution in [-0.2, 0) is 11.3 Å². The van der Waals surface area contributed by atoms with Crippen LogP contribution in [0, 0.1) is 17.7 Å². The average Bonchev–Trinajstić information content (AvgIpc) is 3.18. The first-order chi connectivity index (χ1) is 10.6. The van der Waals surface area contributed by atoms with E-state index >= 15 is 0 Å². The predicted molar refractivity (Wildman–Crippen MR) is 85.1 cm³/mol. The fraction of sp³-hybridized carbons (Fsp3) is 0.588. The molecule has 2 fully saturated rings. The number of likely N-dealkylation sites (tertiary alicyclic amines) is 1. The van der Waals surface area contributed by atoms with Crippen molar-refractivity contribution in [3.8, 4) is 0 Å². The second kappa shape index (κ2) is 6.97. The molecule has 3 rings (SSSR count). The largest absolute Gasteiger partial charge is 0.356 e. The lowest BCUT2D eigenvalue weighted by Gasteiger charge is -2.16. The molecule has 1 aliphatic carbocycles. The Hall–Kier alpha value is -1.13. The molecular weight excluding hydrogens is 303 g/mol. The fourth-order valence-electron chi connectivity index (χ4n) is 3.03. The molecule has 0 spiro atoms. The molecule has 0 radical (unpaired) electrons. The summed E-state index contributed by atoms with van der Waals surface area (Å²) in [5.41, 5.74) is 1.03. The Morgan fingerprint density at radius 2 is 2.14 bits per heavy atom. The number of amides is 1. The molecule has 2 aliphatic rings. The molecule has 3 nitrogen and oxygen atoms in total. The molecular formula is C17H22ClFN2O. The van der Waals surface area contributed by atoms with E-state index in [0.29, 0.717) is 18.3 Å². The van der Waals surface area contributed by atoms with Gasteiger partial charge in [-0.2, -0.15) is 0 Å². The zero-order chi connectivity index (χ0) is 15.5. The van der Waals surface area contributed by atoms with Gasteiger partial charge in [-0.25, -0.2) is 4.39 Å². The van der Waals surface area contributed by atoms with Gasteiger partial charge in [-0.15, -0.1) is 0 Å². The van der Waals surface area contributed by atoms with Crippen molar-refractivity contribution in [2.24, 2.45) is 11.8 Å². The second-order valence-corrected chi connectivity index (χ2v) is 7.00. The highest BCUT2D eigenvalue weighted by Crippen LogP contribution is 2.32. The van der Waals surface area contributed by atoms with Crippen molar-refractivity contribution in [2.75, 3.05) is 19.6 Å². The highest BCUT2D eigenvalue weighted by Gasteiger charge is 2.26. The molecule has 1 atom stereocenters. The summed E-state index contributed by atoms with van der Waals surface area (Å²) in [6, 6.07) is 4.90. The zero-order valence-electron chi connectivity index (χ0n) is 12.7. The summed E-state index contributed by atoms with van der Waals surface area (Å²) >= 11 is 5.82. The minimum absolute atomic E-state index is 0.181. The van der Waals surface area contributed by atoms with Crippen molar-refractivity contribution in [3.63, 3.8) is 0 Å². The Labute approximate surface area is 135 Å². The van der Waals surface area contributed by atoms with Crippen LogP contribution in [0.15, 0.2) is 18.2 Å². The summed E-state index contributed by atoms with van der Waals surface area (Å²) in [7, 11) is 0. The van der Waals surface area contributed by atoms with E-state index < -0.39 is 0 Å². The highest BCUT2D eigenvalue weighted by molar-refractivity contribution is 6.30. The van der Waals surface area contributed by atoms with Gasteiger partial charge < -0.3 is 5.32 Å². The number of carbonyl (C=O) groups is 1. The lowest BCUT2D eigenvalue weighted by Crippen LogP contribution is -2.31. The van der Waals surface area contributed by atoms with Crippen molar-refractivity contribution in [1.82, 2.24) is 10.2 Å². The lowest BCUT2D eigenvalue weighted by atomic mass is 10.1. The van der Waals surface area contributed by atoms with Crippen LogP contribution < -0.4 is 5.32 Å². The number of hydrogen-bond donors (Lipinski definition) is 1. The van der Waals surface area contributed by atoms with Gasteiger partial charge in [0.25, 0.3) is 0 Å². The molecule has 22 heavy (non-hydrogen) atoms. The van der Waals surface area contributed by atoms with Crippen molar-refractivity contribution in [1.29, 1.82) is 0 Å². The molecule has 1 N–H and O–H groups in total. The third-order valence-electron chi connectivity index (χ3n) is 4.52. The van der Waals surface area contributed by atoms with Gasteiger partial charge in [0.05, 0.1) is 5.02 Å². The molecule has 5 heteroatoms. The van der Waals surface area contributed by atoms with Gasteiger partial charge in [-0.05, 0) is 55.3 Å². The van der Waals surface area contributed by atoms with Crippen LogP contribution in [0.3, 0.4) is 0 Å². The van der Waals surface area contributed by atoms with E-state index in [1.54, 1.807) is 12.1 Å². The third kappa shape index (κ3) is 4.43. The summed E-state index contributed by atoms with van der Waals surface area (Å²) in [5.74, 6) is 0.983. The van der Waals surface area contributed by atoms with Gasteiger partial charge in [-0.1, -0.05) is 17.7 Å². The van der Waals surface area contributed by atoms with Crippen LogP contribution in [0.4, 0.5) is 4.39 Å². The van der Waals surface area contributed by atoms with E-state index in [4.69, 9.17) is 11.6 Å². The molecule has 1 aromatic carbocycles. The highest BCUT2D eigenvalue weighted by atomic mass is 35.5. The maximum Gasteiger partial charge on any atom is 0.220 e. The van der Waals surface area contributed by atoms with Crippen LogP contribution in [0.5, 0.6) is 0 Å². The van der Waals surface area contributed by atoms with E-state index in [0.717, 1.165) is 38.2 Å². The van der Waals surface area contributed by atoms with E-state index in [-0.39, 0.29) is 16.7 Å². The van der Waals surface area contributed by atoms with Gasteiger partial charge in [0, 0.05) is 26.1 Å². The summed E-state index contributed by atoms with van der Waals surface area (Å²) < 4.78 is 13.2. The van der Waals surface area contributed by atoms with Gasteiger partial charge >= 0.3 is 0 Å². The summed E-state index contributed by atoms with van der Waals surface area (Å²) in [6.07, 6.45) is 4.22. The minimum atomic E-state index is -0.372. The van der Waals surface area contributed by atoms with Crippen molar-refractivity contribution in [2.45, 2.75) is 32.2 Å². The SMILES string of the molecule is O=C(CC1CC1)NCC1CCN(Cc2ccc(F)c(Cl)c2)C1. The molecule has 0 aromatic heterocycles. The van der Waals surface area contributed by atoms with Crippen LogP contribution >= 0.6 is 11.6 Å². The molecule has 1 aliphatic heterocycles. The topological polar surface area (TPSA) is 32.3 Å². The number of halogens is 2. The van der Waals surface area contributed by atoms with E-state index in [2.05, 4.69) is 10.2 Å². The number of nitrogens with one attached hydrogen (secondary N) is 1. The average molecular weight is 325 g/mol. The molecule has 120 valence electrons. The van der Waals surface area contributed by atoms with Crippen molar-refractivity contribution in [3.05, 3.63) is 34.6 Å². The Morgan fingerprint density at radius 1 is 1.32 bits per heavy atom. The van der Waals surface area contributed by atoms with Gasteiger partial charge in [0.1, 0.15) is 5.82 Å². The van der Waals surface area contributed by atoms with E-state index in [1.807, 2.05) is 0 Å². The predicted octanol–water partition coefficient (Wildman–Crippen LogP) is 3.22. The normalized spacial score (nSPS) is 22.0. The van der Waals surface area contributed by atoms with Crippen LogP contribution in [0.2, 0.25) is 5.02 Å². The first-order valence-electron chi connectivity index (χ1n) is 8.03. The molecule has 1 heterocycles. The lowest BCUT2D eigenvalue weighted by molar-refractivity contribution is -0.121. The van der Waals surface area contributed by atoms with Crippen LogP contribution in [-0.4, -0.2) is 30.4 Å². The second-order valence-electron chi connectivity index (χ2n) is 6.59. The smallest absolute Gasteiger partial charge is 0.220 e. The van der Waals surface area contributed by atoms with Crippen LogP contribution in [0.25, 0.3) is 0 Å². The number of nitrogens with zero attached hydrogens (tertiary/aromatic N) is 1. The number of rotatable bonds is 6. The van der Waals surface area contributed by atoms with Gasteiger partial charge in [0.2, 0.25) is 5.91 Å². The Bertz CT molecular complexity index is 547. The summed E-state index contributed by atoms with van der Waals surface area (Å²) in [6.45, 7) is 3.54. The van der Waals surface area contributed by atoms with E-state index in [9.17, 15) is 9.18 Å². The number of benzene rings is 1. The molecule has 1 aromatic rings. The number of hydrogen-bond acceptors (Lipinski definition) is 2. The maximum atomic E-state index is 13.2. The third-order valence-corrected chi connectivity index (χ3v) is 4.81. The molecule has 0 bridgehead atoms. The first-order valence-corrected chi connectivity index (χ1v) is 8.41. The fourth-order valence-corrected chi connectivity index (χ4v) is 3.24. The minimum Gasteiger partial charge on any atom is -0.356 e. The summed E-state index contributed by atoms with van der Waals surface area (Å²) in [5, 5.41) is 3.24. The van der Waals surface area contributed by atoms with E-state index in [1.165, 1.54) is 18.9 Å². The summed E-state index contributed by atoms with van der Waals surface area (Å²) in [4.78, 5) is 14.1. The Morgan fingerprint density at radius 3 is 2.86 bits per heavy atom. The van der Waals surface area contributed by atoms with Crippen molar-refractivity contribution >= 4 is 17.5 Å². The Kier molecular flexibility index (Phi) is 4.99. The Balaban J connectivity index is 1.41. The van der Waals surface area contributed by atoms with Gasteiger partial charge in [-0.3, -0.25) is 9.69 Å². The standard InChI is InChI=1S/C17H22ClFN2O/c18-15-7-13(3-4-16(15)19)10-21-6-5-14(11-21)9-20-17(22)8-12-1-2-12/h3-4,7,12,14H,1-2,5-6,8-11H2,(H,20,22). The quantitative estimate of drug-likeness (QED) is 0.871. The maximum absolute atomic E-state index is 13.2. The molecule has 1 saturated carbocycles. The first kappa shape index (κ1) is 15.8. The number of carbonyl (C=O) groups excluding carboxylic acids is 1. The molecule has 1 saturated heterocycles. The molecule has 1 amide bonds.